The number of hydrogen-bond donors (Lipinski definition) is 2. The summed E-state index contributed by atoms with van der Waals surface area (Å²) < 4.78 is 5.29. The highest BCUT2D eigenvalue weighted by molar-refractivity contribution is 8.02. The van der Waals surface area contributed by atoms with Crippen LogP contribution < -0.4 is 10.6 Å². The molecule has 3 rings (SSSR count). The zero-order valence-corrected chi connectivity index (χ0v) is 12.2. The normalized spacial score (nSPS) is 17.4. The first-order valence-electron chi connectivity index (χ1n) is 6.89. The molecule has 5 nitrogen and oxygen atoms in total. The minimum Gasteiger partial charge on any atom is -0.487 e. The van der Waals surface area contributed by atoms with Gasteiger partial charge in [0.1, 0.15) is 0 Å². The average Bonchev–Trinajstić information content (AvgIpc) is 3.33. The Kier molecular flexibility index (Phi) is 4.15. The van der Waals surface area contributed by atoms with Crippen molar-refractivity contribution in [2.45, 2.75) is 18.9 Å². The second-order valence-electron chi connectivity index (χ2n) is 4.98. The fraction of sp³-hybridized carbons (Fsp3) is 0.333. The maximum absolute atomic E-state index is 11.9. The van der Waals surface area contributed by atoms with Crippen LogP contribution in [-0.4, -0.2) is 30.2 Å². The van der Waals surface area contributed by atoms with Crippen molar-refractivity contribution >= 4 is 29.3 Å². The van der Waals surface area contributed by atoms with Crippen LogP contribution in [0.2, 0.25) is 0 Å². The molecule has 0 atom stereocenters. The van der Waals surface area contributed by atoms with E-state index in [0.29, 0.717) is 29.7 Å². The van der Waals surface area contributed by atoms with E-state index in [4.69, 9.17) is 4.74 Å². The van der Waals surface area contributed by atoms with Gasteiger partial charge in [-0.3, -0.25) is 9.59 Å². The van der Waals surface area contributed by atoms with Crippen molar-refractivity contribution in [1.29, 1.82) is 0 Å². The lowest BCUT2D eigenvalue weighted by molar-refractivity contribution is -0.116. The first kappa shape index (κ1) is 14.0. The predicted molar refractivity (Wildman–Crippen MR) is 82.1 cm³/mol. The molecule has 0 radical (unpaired) electrons. The van der Waals surface area contributed by atoms with Gasteiger partial charge in [-0.05, 0) is 37.1 Å². The largest absolute Gasteiger partial charge is 0.487 e. The molecule has 21 heavy (non-hydrogen) atoms. The van der Waals surface area contributed by atoms with Crippen LogP contribution in [0.4, 0.5) is 5.69 Å². The van der Waals surface area contributed by atoms with Crippen LogP contribution in [0.15, 0.2) is 35.4 Å². The lowest BCUT2D eigenvalue weighted by Gasteiger charge is -2.14. The number of anilines is 1. The van der Waals surface area contributed by atoms with Gasteiger partial charge in [0.05, 0.1) is 6.61 Å². The fourth-order valence-electron chi connectivity index (χ4n) is 1.88. The van der Waals surface area contributed by atoms with E-state index in [0.717, 1.165) is 18.6 Å². The SMILES string of the molecule is O=C(Nc1ccc(C(=O)NC2CC2)cc1)C1=CSCCO1. The Balaban J connectivity index is 1.59. The zero-order chi connectivity index (χ0) is 14.7. The maximum Gasteiger partial charge on any atom is 0.291 e. The van der Waals surface area contributed by atoms with Gasteiger partial charge in [0, 0.05) is 28.5 Å². The smallest absolute Gasteiger partial charge is 0.291 e. The van der Waals surface area contributed by atoms with Gasteiger partial charge in [-0.25, -0.2) is 0 Å². The molecular formula is C15H16N2O3S. The number of thioether (sulfide) groups is 1. The lowest BCUT2D eigenvalue weighted by Crippen LogP contribution is -2.25. The molecule has 0 saturated heterocycles. The third kappa shape index (κ3) is 3.78. The quantitative estimate of drug-likeness (QED) is 0.894. The van der Waals surface area contributed by atoms with E-state index in [9.17, 15) is 9.59 Å². The highest BCUT2D eigenvalue weighted by Gasteiger charge is 2.23. The van der Waals surface area contributed by atoms with Gasteiger partial charge in [0.2, 0.25) is 0 Å². The second kappa shape index (κ2) is 6.22. The van der Waals surface area contributed by atoms with Gasteiger partial charge in [-0.1, -0.05) is 0 Å². The Labute approximate surface area is 127 Å². The van der Waals surface area contributed by atoms with E-state index in [-0.39, 0.29) is 11.8 Å². The summed E-state index contributed by atoms with van der Waals surface area (Å²) in [7, 11) is 0. The molecule has 2 N–H and O–H groups in total. The van der Waals surface area contributed by atoms with Gasteiger partial charge in [0.15, 0.2) is 5.76 Å². The number of nitrogens with one attached hydrogen (secondary N) is 2. The van der Waals surface area contributed by atoms with Gasteiger partial charge >= 0.3 is 0 Å². The molecule has 2 aliphatic rings. The number of hydrogen-bond acceptors (Lipinski definition) is 4. The van der Waals surface area contributed by atoms with Crippen LogP contribution in [0.1, 0.15) is 23.2 Å². The molecule has 0 aromatic heterocycles. The van der Waals surface area contributed by atoms with Crippen molar-refractivity contribution in [3.63, 3.8) is 0 Å². The van der Waals surface area contributed by atoms with Crippen LogP contribution in [0, 0.1) is 0 Å². The minimum absolute atomic E-state index is 0.0647. The number of carbonyl (C=O) groups is 2. The Bertz CT molecular complexity index is 579. The first-order valence-corrected chi connectivity index (χ1v) is 7.94. The standard InChI is InChI=1S/C15H16N2O3S/c18-14(16-12-5-6-12)10-1-3-11(4-2-10)17-15(19)13-9-21-8-7-20-13/h1-4,9,12H,5-8H2,(H,16,18)(H,17,19). The summed E-state index contributed by atoms with van der Waals surface area (Å²) in [6.07, 6.45) is 2.13. The molecule has 0 unspecified atom stereocenters. The topological polar surface area (TPSA) is 67.4 Å². The molecule has 2 amide bonds. The maximum atomic E-state index is 11.9. The van der Waals surface area contributed by atoms with Crippen LogP contribution in [0.3, 0.4) is 0 Å². The number of benzene rings is 1. The van der Waals surface area contributed by atoms with Crippen molar-refractivity contribution in [3.8, 4) is 0 Å². The molecule has 110 valence electrons. The van der Waals surface area contributed by atoms with E-state index in [1.165, 1.54) is 0 Å². The van der Waals surface area contributed by atoms with Crippen LogP contribution >= 0.6 is 11.8 Å². The molecule has 1 fully saturated rings. The van der Waals surface area contributed by atoms with Gasteiger partial charge in [0.25, 0.3) is 11.8 Å². The highest BCUT2D eigenvalue weighted by atomic mass is 32.2. The highest BCUT2D eigenvalue weighted by Crippen LogP contribution is 2.20. The van der Waals surface area contributed by atoms with Crippen LogP contribution in [0.5, 0.6) is 0 Å². The van der Waals surface area contributed by atoms with Crippen molar-refractivity contribution < 1.29 is 14.3 Å². The summed E-state index contributed by atoms with van der Waals surface area (Å²) in [4.78, 5) is 23.8. The summed E-state index contributed by atoms with van der Waals surface area (Å²) in [5, 5.41) is 7.40. The summed E-state index contributed by atoms with van der Waals surface area (Å²) in [5.41, 5.74) is 1.24. The monoisotopic (exact) mass is 304 g/mol. The summed E-state index contributed by atoms with van der Waals surface area (Å²) in [6.45, 7) is 0.546. The third-order valence-corrected chi connectivity index (χ3v) is 3.97. The zero-order valence-electron chi connectivity index (χ0n) is 11.4. The van der Waals surface area contributed by atoms with Crippen molar-refractivity contribution in [2.24, 2.45) is 0 Å². The van der Waals surface area contributed by atoms with E-state index < -0.39 is 0 Å². The number of carbonyl (C=O) groups excluding carboxylic acids is 2. The van der Waals surface area contributed by atoms with Gasteiger partial charge in [-0.15, -0.1) is 11.8 Å². The summed E-state index contributed by atoms with van der Waals surface area (Å²) >= 11 is 1.56. The van der Waals surface area contributed by atoms with E-state index in [1.807, 2.05) is 0 Å². The molecule has 1 aliphatic carbocycles. The van der Waals surface area contributed by atoms with E-state index in [1.54, 1.807) is 41.4 Å². The van der Waals surface area contributed by atoms with Gasteiger partial charge < -0.3 is 15.4 Å². The molecule has 6 heteroatoms. The van der Waals surface area contributed by atoms with Gasteiger partial charge in [-0.2, -0.15) is 0 Å². The minimum atomic E-state index is -0.266. The van der Waals surface area contributed by atoms with Crippen molar-refractivity contribution in [1.82, 2.24) is 5.32 Å². The molecule has 1 heterocycles. The van der Waals surface area contributed by atoms with Crippen LogP contribution in [0.25, 0.3) is 0 Å². The third-order valence-electron chi connectivity index (χ3n) is 3.19. The van der Waals surface area contributed by atoms with E-state index >= 15 is 0 Å². The lowest BCUT2D eigenvalue weighted by atomic mass is 10.2. The molecule has 1 saturated carbocycles. The molecule has 1 aromatic carbocycles. The second-order valence-corrected chi connectivity index (χ2v) is 5.96. The Morgan fingerprint density at radius 3 is 2.52 bits per heavy atom. The van der Waals surface area contributed by atoms with Crippen LogP contribution in [-0.2, 0) is 9.53 Å². The summed E-state index contributed by atoms with van der Waals surface area (Å²) in [6, 6.07) is 7.19. The number of rotatable bonds is 4. The average molecular weight is 304 g/mol. The molecule has 0 bridgehead atoms. The molecular weight excluding hydrogens is 288 g/mol. The van der Waals surface area contributed by atoms with Crippen molar-refractivity contribution in [3.05, 3.63) is 41.0 Å². The molecule has 1 aliphatic heterocycles. The summed E-state index contributed by atoms with van der Waals surface area (Å²) in [5.74, 6) is 0.867. The number of ether oxygens (including phenoxy) is 1. The van der Waals surface area contributed by atoms with E-state index in [2.05, 4.69) is 10.6 Å². The first-order chi connectivity index (χ1) is 10.2. The number of amides is 2. The van der Waals surface area contributed by atoms with Crippen molar-refractivity contribution in [2.75, 3.05) is 17.7 Å². The molecule has 0 spiro atoms. The Morgan fingerprint density at radius 1 is 1.14 bits per heavy atom. The Morgan fingerprint density at radius 2 is 1.90 bits per heavy atom. The fourth-order valence-corrected chi connectivity index (χ4v) is 2.51. The molecule has 1 aromatic rings. The predicted octanol–water partition coefficient (Wildman–Crippen LogP) is 2.12. The Hall–Kier alpha value is -1.95.